The summed E-state index contributed by atoms with van der Waals surface area (Å²) >= 11 is 1.68. The van der Waals surface area contributed by atoms with Gasteiger partial charge in [-0.05, 0) is 26.0 Å². The van der Waals surface area contributed by atoms with Crippen molar-refractivity contribution in [3.8, 4) is 0 Å². The Morgan fingerprint density at radius 3 is 2.47 bits per heavy atom. The van der Waals surface area contributed by atoms with Crippen molar-refractivity contribution in [2.24, 2.45) is 0 Å². The molecule has 0 spiro atoms. The molecular formula is C11H20N2O3S. The van der Waals surface area contributed by atoms with E-state index in [1.807, 2.05) is 13.2 Å². The highest BCUT2D eigenvalue weighted by atomic mass is 32.2. The molecule has 1 fully saturated rings. The maximum atomic E-state index is 12.2. The molecule has 1 aliphatic carbocycles. The fourth-order valence-corrected chi connectivity index (χ4v) is 2.34. The monoisotopic (exact) mass is 260 g/mol. The van der Waals surface area contributed by atoms with Gasteiger partial charge in [0, 0.05) is 24.9 Å². The van der Waals surface area contributed by atoms with E-state index >= 15 is 0 Å². The van der Waals surface area contributed by atoms with E-state index in [1.54, 1.807) is 23.7 Å². The van der Waals surface area contributed by atoms with Gasteiger partial charge in [0.1, 0.15) is 6.54 Å². The molecule has 1 atom stereocenters. The quantitative estimate of drug-likeness (QED) is 0.783. The predicted molar refractivity (Wildman–Crippen MR) is 68.4 cm³/mol. The molecule has 17 heavy (non-hydrogen) atoms. The van der Waals surface area contributed by atoms with Crippen LogP contribution in [0.15, 0.2) is 0 Å². The highest BCUT2D eigenvalue weighted by molar-refractivity contribution is 7.98. The molecule has 1 unspecified atom stereocenters. The highest BCUT2D eigenvalue weighted by Crippen LogP contribution is 2.27. The molecule has 1 rings (SSSR count). The van der Waals surface area contributed by atoms with E-state index in [4.69, 9.17) is 5.11 Å². The summed E-state index contributed by atoms with van der Waals surface area (Å²) in [5, 5.41) is 8.82. The molecule has 0 aliphatic heterocycles. The lowest BCUT2D eigenvalue weighted by Crippen LogP contribution is -2.48. The number of aliphatic carboxylic acids is 1. The topological polar surface area (TPSA) is 60.9 Å². The molecule has 0 heterocycles. The number of hydrogen-bond acceptors (Lipinski definition) is 3. The standard InChI is InChI=1S/C11H20N2O3S/c1-8(7-17-3)12(2)11(16)13(6-10(14)15)9-4-5-9/h8-9H,4-7H2,1-3H3,(H,14,15). The van der Waals surface area contributed by atoms with Crippen LogP contribution in [0.3, 0.4) is 0 Å². The zero-order valence-electron chi connectivity index (χ0n) is 10.5. The van der Waals surface area contributed by atoms with Gasteiger partial charge in [-0.25, -0.2) is 4.79 Å². The molecule has 2 amide bonds. The summed E-state index contributed by atoms with van der Waals surface area (Å²) in [4.78, 5) is 26.0. The maximum Gasteiger partial charge on any atom is 0.323 e. The van der Waals surface area contributed by atoms with Crippen molar-refractivity contribution in [3.05, 3.63) is 0 Å². The van der Waals surface area contributed by atoms with Gasteiger partial charge in [-0.2, -0.15) is 11.8 Å². The van der Waals surface area contributed by atoms with Crippen molar-refractivity contribution in [3.63, 3.8) is 0 Å². The van der Waals surface area contributed by atoms with Crippen LogP contribution < -0.4 is 0 Å². The van der Waals surface area contributed by atoms with Crippen molar-refractivity contribution in [2.75, 3.05) is 25.6 Å². The molecule has 6 heteroatoms. The van der Waals surface area contributed by atoms with E-state index in [9.17, 15) is 9.59 Å². The number of carboxylic acid groups (broad SMARTS) is 1. The fourth-order valence-electron chi connectivity index (χ4n) is 1.63. The minimum Gasteiger partial charge on any atom is -0.480 e. The molecule has 0 saturated heterocycles. The van der Waals surface area contributed by atoms with Crippen molar-refractivity contribution in [1.82, 2.24) is 9.80 Å². The van der Waals surface area contributed by atoms with E-state index in [0.29, 0.717) is 0 Å². The molecule has 0 aromatic rings. The fraction of sp³-hybridized carbons (Fsp3) is 0.818. The third-order valence-corrected chi connectivity index (χ3v) is 3.73. The van der Waals surface area contributed by atoms with Gasteiger partial charge in [-0.15, -0.1) is 0 Å². The minimum absolute atomic E-state index is 0.118. The number of thioether (sulfide) groups is 1. The highest BCUT2D eigenvalue weighted by Gasteiger charge is 2.36. The van der Waals surface area contributed by atoms with Gasteiger partial charge < -0.3 is 14.9 Å². The summed E-state index contributed by atoms with van der Waals surface area (Å²) < 4.78 is 0. The molecule has 5 nitrogen and oxygen atoms in total. The lowest BCUT2D eigenvalue weighted by Gasteiger charge is -2.30. The molecule has 1 N–H and O–H groups in total. The summed E-state index contributed by atoms with van der Waals surface area (Å²) in [5.41, 5.74) is 0. The first-order valence-electron chi connectivity index (χ1n) is 5.71. The van der Waals surface area contributed by atoms with Crippen LogP contribution >= 0.6 is 11.8 Å². The summed E-state index contributed by atoms with van der Waals surface area (Å²) in [7, 11) is 1.74. The second kappa shape index (κ2) is 6.14. The molecule has 1 saturated carbocycles. The maximum absolute atomic E-state index is 12.2. The molecular weight excluding hydrogens is 240 g/mol. The van der Waals surface area contributed by atoms with Crippen LogP contribution in [-0.4, -0.2) is 64.6 Å². The van der Waals surface area contributed by atoms with E-state index < -0.39 is 5.97 Å². The van der Waals surface area contributed by atoms with Gasteiger partial charge in [0.2, 0.25) is 0 Å². The number of carbonyl (C=O) groups excluding carboxylic acids is 1. The van der Waals surface area contributed by atoms with Gasteiger partial charge in [0.15, 0.2) is 0 Å². The van der Waals surface area contributed by atoms with E-state index in [1.165, 1.54) is 4.90 Å². The van der Waals surface area contributed by atoms with Crippen molar-refractivity contribution >= 4 is 23.8 Å². The van der Waals surface area contributed by atoms with Crippen LogP contribution in [0, 0.1) is 0 Å². The van der Waals surface area contributed by atoms with Crippen LogP contribution in [0.4, 0.5) is 4.79 Å². The zero-order chi connectivity index (χ0) is 13.0. The van der Waals surface area contributed by atoms with Crippen LogP contribution in [-0.2, 0) is 4.79 Å². The normalized spacial score (nSPS) is 16.4. The Kier molecular flexibility index (Phi) is 5.11. The van der Waals surface area contributed by atoms with Gasteiger partial charge in [-0.1, -0.05) is 0 Å². The number of urea groups is 1. The Hall–Kier alpha value is -0.910. The minimum atomic E-state index is -0.948. The van der Waals surface area contributed by atoms with Gasteiger partial charge in [-0.3, -0.25) is 4.79 Å². The predicted octanol–water partition coefficient (Wildman–Crippen LogP) is 1.34. The average Bonchev–Trinajstić information content (AvgIpc) is 3.07. The zero-order valence-corrected chi connectivity index (χ0v) is 11.4. The second-order valence-electron chi connectivity index (χ2n) is 4.45. The molecule has 0 aromatic carbocycles. The third kappa shape index (κ3) is 4.11. The second-order valence-corrected chi connectivity index (χ2v) is 5.36. The van der Waals surface area contributed by atoms with E-state index in [-0.39, 0.29) is 24.7 Å². The molecule has 0 bridgehead atoms. The first-order chi connectivity index (χ1) is 7.97. The van der Waals surface area contributed by atoms with Gasteiger partial charge in [0.05, 0.1) is 0 Å². The van der Waals surface area contributed by atoms with Crippen molar-refractivity contribution in [1.29, 1.82) is 0 Å². The van der Waals surface area contributed by atoms with Crippen LogP contribution in [0.5, 0.6) is 0 Å². The van der Waals surface area contributed by atoms with E-state index in [2.05, 4.69) is 0 Å². The summed E-state index contributed by atoms with van der Waals surface area (Å²) in [6.45, 7) is 1.78. The number of hydrogen-bond donors (Lipinski definition) is 1. The van der Waals surface area contributed by atoms with Crippen LogP contribution in [0.1, 0.15) is 19.8 Å². The van der Waals surface area contributed by atoms with Gasteiger partial charge >= 0.3 is 12.0 Å². The number of nitrogens with zero attached hydrogens (tertiary/aromatic N) is 2. The largest absolute Gasteiger partial charge is 0.480 e. The third-order valence-electron chi connectivity index (χ3n) is 2.91. The summed E-state index contributed by atoms with van der Waals surface area (Å²) in [6, 6.07) is 0.0755. The van der Waals surface area contributed by atoms with Crippen LogP contribution in [0.2, 0.25) is 0 Å². The SMILES string of the molecule is CSCC(C)N(C)C(=O)N(CC(=O)O)C1CC1. The first kappa shape index (κ1) is 14.2. The summed E-state index contributed by atoms with van der Waals surface area (Å²) in [5.74, 6) is -0.0930. The van der Waals surface area contributed by atoms with Crippen LogP contribution in [0.25, 0.3) is 0 Å². The number of amides is 2. The lowest BCUT2D eigenvalue weighted by molar-refractivity contribution is -0.137. The molecule has 0 radical (unpaired) electrons. The van der Waals surface area contributed by atoms with Crippen molar-refractivity contribution < 1.29 is 14.7 Å². The smallest absolute Gasteiger partial charge is 0.323 e. The number of carbonyl (C=O) groups is 2. The summed E-state index contributed by atoms with van der Waals surface area (Å²) in [6.07, 6.45) is 3.83. The lowest BCUT2D eigenvalue weighted by atomic mass is 10.3. The number of carboxylic acids is 1. The molecule has 1 aliphatic rings. The van der Waals surface area contributed by atoms with E-state index in [0.717, 1.165) is 18.6 Å². The Bertz CT molecular complexity index is 294. The first-order valence-corrected chi connectivity index (χ1v) is 7.11. The Morgan fingerprint density at radius 2 is 2.06 bits per heavy atom. The Labute approximate surface area is 106 Å². The molecule has 0 aromatic heterocycles. The number of rotatable bonds is 6. The molecule has 98 valence electrons. The van der Waals surface area contributed by atoms with Gasteiger partial charge in [0.25, 0.3) is 0 Å². The Morgan fingerprint density at radius 1 is 1.47 bits per heavy atom. The van der Waals surface area contributed by atoms with Crippen molar-refractivity contribution in [2.45, 2.75) is 31.8 Å². The average molecular weight is 260 g/mol. The Balaban J connectivity index is 2.60.